The molecule has 0 N–H and O–H groups in total. The molecule has 0 fully saturated rings. The van der Waals surface area contributed by atoms with Gasteiger partial charge in [0.1, 0.15) is 17.9 Å². The Bertz CT molecular complexity index is 794. The third kappa shape index (κ3) is 2.68. The van der Waals surface area contributed by atoms with E-state index in [0.717, 1.165) is 5.56 Å². The molecule has 0 radical (unpaired) electrons. The van der Waals surface area contributed by atoms with Crippen LogP contribution < -0.4 is 10.4 Å². The molecule has 1 aromatic heterocycles. The summed E-state index contributed by atoms with van der Waals surface area (Å²) in [6, 6.07) is 16.3. The van der Waals surface area contributed by atoms with Crippen molar-refractivity contribution in [3.8, 4) is 5.75 Å². The van der Waals surface area contributed by atoms with E-state index in [4.69, 9.17) is 20.8 Å². The largest absolute Gasteiger partial charge is 0.489 e. The SMILES string of the molecule is O=c1cc(Cl)c2cc(OCc3ccccc3)ccc2o1. The van der Waals surface area contributed by atoms with Crippen molar-refractivity contribution in [2.45, 2.75) is 6.61 Å². The van der Waals surface area contributed by atoms with Crippen molar-refractivity contribution in [1.82, 2.24) is 0 Å². The molecule has 0 spiro atoms. The second-order valence-electron chi connectivity index (χ2n) is 4.35. The fourth-order valence-corrected chi connectivity index (χ4v) is 2.17. The highest BCUT2D eigenvalue weighted by Gasteiger charge is 2.05. The van der Waals surface area contributed by atoms with Gasteiger partial charge < -0.3 is 9.15 Å². The first-order valence-electron chi connectivity index (χ1n) is 6.12. The number of ether oxygens (including phenoxy) is 1. The molecular formula is C16H11ClO3. The average Bonchev–Trinajstić information content (AvgIpc) is 2.46. The van der Waals surface area contributed by atoms with Gasteiger partial charge in [0.05, 0.1) is 5.02 Å². The lowest BCUT2D eigenvalue weighted by molar-refractivity contribution is 0.306. The van der Waals surface area contributed by atoms with Crippen LogP contribution in [-0.4, -0.2) is 0 Å². The molecule has 0 aliphatic rings. The Morgan fingerprint density at radius 2 is 1.85 bits per heavy atom. The molecule has 0 bridgehead atoms. The fourth-order valence-electron chi connectivity index (χ4n) is 1.93. The number of fused-ring (bicyclic) bond motifs is 1. The minimum absolute atomic E-state index is 0.362. The normalized spacial score (nSPS) is 10.7. The maximum Gasteiger partial charge on any atom is 0.337 e. The van der Waals surface area contributed by atoms with Crippen molar-refractivity contribution in [3.05, 3.63) is 75.6 Å². The van der Waals surface area contributed by atoms with Crippen LogP contribution in [0.5, 0.6) is 5.75 Å². The van der Waals surface area contributed by atoms with Gasteiger partial charge in [-0.05, 0) is 23.8 Å². The molecule has 0 saturated heterocycles. The summed E-state index contributed by atoms with van der Waals surface area (Å²) >= 11 is 6.04. The molecule has 20 heavy (non-hydrogen) atoms. The van der Waals surface area contributed by atoms with Crippen molar-refractivity contribution < 1.29 is 9.15 Å². The van der Waals surface area contributed by atoms with Crippen molar-refractivity contribution in [2.24, 2.45) is 0 Å². The summed E-state index contributed by atoms with van der Waals surface area (Å²) in [6.45, 7) is 0.473. The van der Waals surface area contributed by atoms with Crippen LogP contribution in [0.3, 0.4) is 0 Å². The molecule has 3 nitrogen and oxygen atoms in total. The first-order chi connectivity index (χ1) is 9.72. The molecule has 0 saturated carbocycles. The summed E-state index contributed by atoms with van der Waals surface area (Å²) in [4.78, 5) is 11.2. The topological polar surface area (TPSA) is 39.4 Å². The Balaban J connectivity index is 1.88. The minimum atomic E-state index is -0.458. The number of rotatable bonds is 3. The zero-order valence-corrected chi connectivity index (χ0v) is 11.3. The van der Waals surface area contributed by atoms with Gasteiger partial charge in [0, 0.05) is 11.5 Å². The number of hydrogen-bond acceptors (Lipinski definition) is 3. The Labute approximate surface area is 120 Å². The van der Waals surface area contributed by atoms with E-state index in [0.29, 0.717) is 28.3 Å². The molecule has 0 amide bonds. The monoisotopic (exact) mass is 286 g/mol. The van der Waals surface area contributed by atoms with E-state index in [9.17, 15) is 4.79 Å². The minimum Gasteiger partial charge on any atom is -0.489 e. The molecular weight excluding hydrogens is 276 g/mol. The summed E-state index contributed by atoms with van der Waals surface area (Å²) in [7, 11) is 0. The van der Waals surface area contributed by atoms with Crippen LogP contribution in [-0.2, 0) is 6.61 Å². The van der Waals surface area contributed by atoms with Gasteiger partial charge in [0.2, 0.25) is 0 Å². The maximum absolute atomic E-state index is 11.2. The molecule has 3 aromatic rings. The Morgan fingerprint density at radius 1 is 1.05 bits per heavy atom. The summed E-state index contributed by atoms with van der Waals surface area (Å²) < 4.78 is 10.8. The molecule has 0 aliphatic carbocycles. The van der Waals surface area contributed by atoms with E-state index in [-0.39, 0.29) is 0 Å². The molecule has 100 valence electrons. The first-order valence-corrected chi connectivity index (χ1v) is 6.50. The van der Waals surface area contributed by atoms with E-state index < -0.39 is 5.63 Å². The van der Waals surface area contributed by atoms with Gasteiger partial charge in [0.25, 0.3) is 0 Å². The highest BCUT2D eigenvalue weighted by molar-refractivity contribution is 6.35. The number of halogens is 1. The Kier molecular flexibility index (Phi) is 3.44. The molecule has 4 heteroatoms. The van der Waals surface area contributed by atoms with Crippen molar-refractivity contribution in [2.75, 3.05) is 0 Å². The molecule has 0 unspecified atom stereocenters. The van der Waals surface area contributed by atoms with E-state index in [1.165, 1.54) is 6.07 Å². The maximum atomic E-state index is 11.2. The Morgan fingerprint density at radius 3 is 2.65 bits per heavy atom. The van der Waals surface area contributed by atoms with Crippen molar-refractivity contribution in [1.29, 1.82) is 0 Å². The van der Waals surface area contributed by atoms with Crippen LogP contribution in [0, 0.1) is 0 Å². The van der Waals surface area contributed by atoms with E-state index in [1.807, 2.05) is 30.3 Å². The van der Waals surface area contributed by atoms with Crippen molar-refractivity contribution >= 4 is 22.6 Å². The third-order valence-corrected chi connectivity index (χ3v) is 3.22. The van der Waals surface area contributed by atoms with Gasteiger partial charge in [-0.25, -0.2) is 4.79 Å². The average molecular weight is 287 g/mol. The lowest BCUT2D eigenvalue weighted by Crippen LogP contribution is -1.97. The predicted molar refractivity (Wildman–Crippen MR) is 78.3 cm³/mol. The van der Waals surface area contributed by atoms with Gasteiger partial charge in [-0.15, -0.1) is 0 Å². The van der Waals surface area contributed by atoms with Crippen molar-refractivity contribution in [3.63, 3.8) is 0 Å². The summed E-state index contributed by atoms with van der Waals surface area (Å²) in [6.07, 6.45) is 0. The van der Waals surface area contributed by atoms with Crippen LogP contribution in [0.15, 0.2) is 63.8 Å². The van der Waals surface area contributed by atoms with Crippen LogP contribution in [0.4, 0.5) is 0 Å². The summed E-state index contributed by atoms with van der Waals surface area (Å²) in [5.41, 5.74) is 1.08. The molecule has 2 aromatic carbocycles. The van der Waals surface area contributed by atoms with Gasteiger partial charge in [0.15, 0.2) is 0 Å². The zero-order valence-electron chi connectivity index (χ0n) is 10.5. The second kappa shape index (κ2) is 5.39. The highest BCUT2D eigenvalue weighted by atomic mass is 35.5. The van der Waals surface area contributed by atoms with E-state index in [1.54, 1.807) is 18.2 Å². The highest BCUT2D eigenvalue weighted by Crippen LogP contribution is 2.26. The fraction of sp³-hybridized carbons (Fsp3) is 0.0625. The van der Waals surface area contributed by atoms with E-state index in [2.05, 4.69) is 0 Å². The summed E-state index contributed by atoms with van der Waals surface area (Å²) in [5, 5.41) is 1.03. The standard InChI is InChI=1S/C16H11ClO3/c17-14-9-16(18)20-15-7-6-12(8-13(14)15)19-10-11-4-2-1-3-5-11/h1-9H,10H2. The second-order valence-corrected chi connectivity index (χ2v) is 4.75. The number of benzene rings is 2. The predicted octanol–water partition coefficient (Wildman–Crippen LogP) is 4.03. The van der Waals surface area contributed by atoms with Gasteiger partial charge in [-0.1, -0.05) is 41.9 Å². The molecule has 3 rings (SSSR count). The zero-order chi connectivity index (χ0) is 13.9. The molecule has 0 atom stereocenters. The third-order valence-electron chi connectivity index (χ3n) is 2.91. The summed E-state index contributed by atoms with van der Waals surface area (Å²) in [5.74, 6) is 0.678. The van der Waals surface area contributed by atoms with Gasteiger partial charge in [-0.3, -0.25) is 0 Å². The Hall–Kier alpha value is -2.26. The smallest absolute Gasteiger partial charge is 0.337 e. The quantitative estimate of drug-likeness (QED) is 0.683. The van der Waals surface area contributed by atoms with Crippen LogP contribution >= 0.6 is 11.6 Å². The van der Waals surface area contributed by atoms with Crippen LogP contribution in [0.2, 0.25) is 5.02 Å². The lowest BCUT2D eigenvalue weighted by atomic mass is 10.2. The molecule has 1 heterocycles. The van der Waals surface area contributed by atoms with Gasteiger partial charge in [-0.2, -0.15) is 0 Å². The lowest BCUT2D eigenvalue weighted by Gasteiger charge is -2.07. The van der Waals surface area contributed by atoms with Crippen LogP contribution in [0.1, 0.15) is 5.56 Å². The van der Waals surface area contributed by atoms with Crippen LogP contribution in [0.25, 0.3) is 11.0 Å². The first kappa shape index (κ1) is 12.8. The number of hydrogen-bond donors (Lipinski definition) is 0. The van der Waals surface area contributed by atoms with Gasteiger partial charge >= 0.3 is 5.63 Å². The van der Waals surface area contributed by atoms with E-state index >= 15 is 0 Å². The molecule has 0 aliphatic heterocycles.